The predicted octanol–water partition coefficient (Wildman–Crippen LogP) is 3.80. The molecule has 0 bridgehead atoms. The summed E-state index contributed by atoms with van der Waals surface area (Å²) in [5, 5.41) is 7.19. The molecule has 34 heavy (non-hydrogen) atoms. The van der Waals surface area contributed by atoms with E-state index in [2.05, 4.69) is 25.6 Å². The topological polar surface area (TPSA) is 114 Å². The molecule has 174 valence electrons. The molecular formula is C24H25N7O3. The van der Waals surface area contributed by atoms with Crippen LogP contribution in [0.25, 0.3) is 21.9 Å². The molecule has 0 aliphatic heterocycles. The quantitative estimate of drug-likeness (QED) is 0.453. The van der Waals surface area contributed by atoms with Crippen molar-refractivity contribution in [2.24, 2.45) is 7.05 Å². The number of aromatic nitrogens is 4. The van der Waals surface area contributed by atoms with Crippen LogP contribution in [0.4, 0.5) is 15.4 Å². The van der Waals surface area contributed by atoms with Crippen molar-refractivity contribution in [3.63, 3.8) is 0 Å². The smallest absolute Gasteiger partial charge is 0.375 e. The van der Waals surface area contributed by atoms with Gasteiger partial charge in [-0.1, -0.05) is 12.1 Å². The van der Waals surface area contributed by atoms with Crippen LogP contribution < -0.4 is 15.4 Å². The van der Waals surface area contributed by atoms with E-state index >= 15 is 0 Å². The highest BCUT2D eigenvalue weighted by Crippen LogP contribution is 2.32. The molecule has 4 aromatic rings. The number of amides is 3. The number of aryl methyl sites for hydroxylation is 1. The number of ether oxygens (including phenoxy) is 1. The lowest BCUT2D eigenvalue weighted by Gasteiger charge is -2.19. The summed E-state index contributed by atoms with van der Waals surface area (Å²) in [6, 6.07) is 9.51. The summed E-state index contributed by atoms with van der Waals surface area (Å²) in [5.41, 5.74) is 2.81. The van der Waals surface area contributed by atoms with E-state index in [0.717, 1.165) is 27.5 Å². The number of nitrogens with zero attached hydrogens (tertiary/aromatic N) is 5. The summed E-state index contributed by atoms with van der Waals surface area (Å²) in [4.78, 5) is 38.6. The lowest BCUT2D eigenvalue weighted by atomic mass is 9.96. The minimum Gasteiger partial charge on any atom is -0.375 e. The molecule has 0 atom stereocenters. The molecule has 4 rings (SSSR count). The first kappa shape index (κ1) is 22.7. The van der Waals surface area contributed by atoms with Crippen LogP contribution in [0, 0.1) is 0 Å². The van der Waals surface area contributed by atoms with Gasteiger partial charge in [0.05, 0.1) is 0 Å². The second-order valence-electron chi connectivity index (χ2n) is 7.65. The van der Waals surface area contributed by atoms with Crippen LogP contribution in [0.15, 0.2) is 61.3 Å². The number of nitrogens with one attached hydrogen (secondary N) is 2. The van der Waals surface area contributed by atoms with Gasteiger partial charge >= 0.3 is 18.1 Å². The zero-order valence-corrected chi connectivity index (χ0v) is 19.1. The Labute approximate surface area is 196 Å². The summed E-state index contributed by atoms with van der Waals surface area (Å²) in [6.45, 7) is 2.64. The fourth-order valence-electron chi connectivity index (χ4n) is 3.53. The van der Waals surface area contributed by atoms with E-state index in [1.165, 1.54) is 4.90 Å². The minimum absolute atomic E-state index is 0.220. The number of carbonyl (C=O) groups excluding carboxylic acids is 2. The summed E-state index contributed by atoms with van der Waals surface area (Å²) in [6.07, 6.45) is 7.90. The van der Waals surface area contributed by atoms with Gasteiger partial charge < -0.3 is 19.5 Å². The average Bonchev–Trinajstić information content (AvgIpc) is 3.24. The normalized spacial score (nSPS) is 10.7. The molecule has 0 aliphatic carbocycles. The average molecular weight is 460 g/mol. The third-order valence-corrected chi connectivity index (χ3v) is 5.24. The van der Waals surface area contributed by atoms with Gasteiger partial charge in [0.25, 0.3) is 0 Å². The fraction of sp³-hybridized carbons (Fsp3) is 0.208. The van der Waals surface area contributed by atoms with Gasteiger partial charge in [0.1, 0.15) is 5.82 Å². The molecule has 0 unspecified atom stereocenters. The highest BCUT2D eigenvalue weighted by molar-refractivity contribution is 6.00. The van der Waals surface area contributed by atoms with Gasteiger partial charge in [0, 0.05) is 63.6 Å². The zero-order chi connectivity index (χ0) is 24.1. The molecule has 10 heteroatoms. The Bertz CT molecular complexity index is 1320. The van der Waals surface area contributed by atoms with Crippen molar-refractivity contribution in [1.82, 2.24) is 29.7 Å². The van der Waals surface area contributed by atoms with Gasteiger partial charge in [0.2, 0.25) is 0 Å². The second kappa shape index (κ2) is 9.99. The maximum absolute atomic E-state index is 12.6. The number of hydrogen-bond acceptors (Lipinski definition) is 6. The van der Waals surface area contributed by atoms with Crippen molar-refractivity contribution in [2.45, 2.75) is 13.5 Å². The molecule has 0 aliphatic rings. The first-order chi connectivity index (χ1) is 16.5. The summed E-state index contributed by atoms with van der Waals surface area (Å²) in [5.74, 6) is 0.424. The molecule has 3 heterocycles. The Morgan fingerprint density at radius 2 is 1.88 bits per heavy atom. The van der Waals surface area contributed by atoms with Gasteiger partial charge in [-0.05, 0) is 47.2 Å². The van der Waals surface area contributed by atoms with Crippen molar-refractivity contribution in [3.8, 4) is 17.1 Å². The molecular weight excluding hydrogens is 434 g/mol. The number of fused-ring (bicyclic) bond motifs is 1. The van der Waals surface area contributed by atoms with Gasteiger partial charge in [-0.25, -0.2) is 19.6 Å². The van der Waals surface area contributed by atoms with Crippen molar-refractivity contribution in [2.75, 3.05) is 18.9 Å². The SMILES string of the molecule is CCNC(=O)Nc1cc2c(-c3ccncc3)ccc(CN(C)C(=O)Oc3nccn3C)c2cn1. The van der Waals surface area contributed by atoms with Crippen molar-refractivity contribution < 1.29 is 14.3 Å². The lowest BCUT2D eigenvalue weighted by molar-refractivity contribution is 0.155. The van der Waals surface area contributed by atoms with E-state index in [9.17, 15) is 9.59 Å². The monoisotopic (exact) mass is 459 g/mol. The van der Waals surface area contributed by atoms with Crippen molar-refractivity contribution in [1.29, 1.82) is 0 Å². The molecule has 3 aromatic heterocycles. The molecule has 0 saturated carbocycles. The Kier molecular flexibility index (Phi) is 6.67. The van der Waals surface area contributed by atoms with E-state index in [1.54, 1.807) is 49.6 Å². The van der Waals surface area contributed by atoms with E-state index < -0.39 is 6.09 Å². The molecule has 0 spiro atoms. The van der Waals surface area contributed by atoms with Crippen LogP contribution in [0.1, 0.15) is 12.5 Å². The highest BCUT2D eigenvalue weighted by Gasteiger charge is 2.17. The van der Waals surface area contributed by atoms with Gasteiger partial charge in [0.15, 0.2) is 0 Å². The molecule has 3 amide bonds. The highest BCUT2D eigenvalue weighted by atomic mass is 16.6. The number of hydrogen-bond donors (Lipinski definition) is 2. The fourth-order valence-corrected chi connectivity index (χ4v) is 3.53. The Morgan fingerprint density at radius 3 is 2.59 bits per heavy atom. The number of benzene rings is 1. The molecule has 0 saturated heterocycles. The number of rotatable bonds is 6. The molecule has 0 fully saturated rings. The Balaban J connectivity index is 1.67. The van der Waals surface area contributed by atoms with E-state index in [0.29, 0.717) is 18.9 Å². The maximum Gasteiger partial charge on any atom is 0.417 e. The minimum atomic E-state index is -0.525. The van der Waals surface area contributed by atoms with Gasteiger partial charge in [-0.15, -0.1) is 0 Å². The van der Waals surface area contributed by atoms with Crippen LogP contribution in [-0.2, 0) is 13.6 Å². The molecule has 0 radical (unpaired) electrons. The first-order valence-electron chi connectivity index (χ1n) is 10.7. The summed E-state index contributed by atoms with van der Waals surface area (Å²) in [7, 11) is 3.41. The van der Waals surface area contributed by atoms with Crippen LogP contribution in [0.2, 0.25) is 0 Å². The predicted molar refractivity (Wildman–Crippen MR) is 128 cm³/mol. The second-order valence-corrected chi connectivity index (χ2v) is 7.65. The summed E-state index contributed by atoms with van der Waals surface area (Å²) >= 11 is 0. The van der Waals surface area contributed by atoms with Crippen molar-refractivity contribution >= 4 is 28.7 Å². The third-order valence-electron chi connectivity index (χ3n) is 5.24. The van der Waals surface area contributed by atoms with Crippen LogP contribution in [0.3, 0.4) is 0 Å². The Morgan fingerprint density at radius 1 is 1.09 bits per heavy atom. The maximum atomic E-state index is 12.6. The van der Waals surface area contributed by atoms with E-state index in [1.807, 2.05) is 37.3 Å². The zero-order valence-electron chi connectivity index (χ0n) is 19.1. The number of urea groups is 1. The van der Waals surface area contributed by atoms with Crippen molar-refractivity contribution in [3.05, 3.63) is 66.9 Å². The van der Waals surface area contributed by atoms with Gasteiger partial charge in [-0.3, -0.25) is 10.3 Å². The van der Waals surface area contributed by atoms with Crippen LogP contribution in [0.5, 0.6) is 6.01 Å². The number of carbonyl (C=O) groups is 2. The first-order valence-corrected chi connectivity index (χ1v) is 10.7. The number of imidazole rings is 1. The Hall–Kier alpha value is -4.47. The lowest BCUT2D eigenvalue weighted by Crippen LogP contribution is -2.30. The van der Waals surface area contributed by atoms with Gasteiger partial charge in [-0.2, -0.15) is 0 Å². The standard InChI is InChI=1S/C24H25N7O3/c1-4-26-22(32)29-21-13-19-18(16-7-9-25-10-8-16)6-5-17(20(19)14-28-21)15-31(3)24(33)34-23-27-11-12-30(23)2/h5-14H,4,15H2,1-3H3,(H2,26,28,29,32). The van der Waals surface area contributed by atoms with E-state index in [-0.39, 0.29) is 12.0 Å². The summed E-state index contributed by atoms with van der Waals surface area (Å²) < 4.78 is 6.99. The molecule has 10 nitrogen and oxygen atoms in total. The number of anilines is 1. The molecule has 2 N–H and O–H groups in total. The number of pyridine rings is 2. The largest absolute Gasteiger partial charge is 0.417 e. The van der Waals surface area contributed by atoms with E-state index in [4.69, 9.17) is 4.74 Å². The molecule has 1 aromatic carbocycles. The van der Waals surface area contributed by atoms with Crippen LogP contribution >= 0.6 is 0 Å². The van der Waals surface area contributed by atoms with Crippen LogP contribution in [-0.4, -0.2) is 50.1 Å². The third kappa shape index (κ3) is 4.96.